The first kappa shape index (κ1) is 20.4. The van der Waals surface area contributed by atoms with Crippen LogP contribution in [-0.4, -0.2) is 11.1 Å². The summed E-state index contributed by atoms with van der Waals surface area (Å²) < 4.78 is 41.9. The molecule has 28 heavy (non-hydrogen) atoms. The van der Waals surface area contributed by atoms with Gasteiger partial charge in [0.25, 0.3) is 5.69 Å². The van der Waals surface area contributed by atoms with Gasteiger partial charge in [-0.2, -0.15) is 13.2 Å². The van der Waals surface area contributed by atoms with Gasteiger partial charge in [-0.25, -0.2) is 0 Å². The molecule has 0 saturated carbocycles. The number of hydrogen-bond donors (Lipinski definition) is 1. The lowest BCUT2D eigenvalue weighted by Gasteiger charge is -2.28. The zero-order valence-corrected chi connectivity index (χ0v) is 15.8. The third-order valence-electron chi connectivity index (χ3n) is 4.36. The van der Waals surface area contributed by atoms with Crippen molar-refractivity contribution in [3.8, 4) is 0 Å². The van der Waals surface area contributed by atoms with Gasteiger partial charge >= 0.3 is 6.18 Å². The van der Waals surface area contributed by atoms with Gasteiger partial charge in [0.1, 0.15) is 0 Å². The Morgan fingerprint density at radius 3 is 2.36 bits per heavy atom. The van der Waals surface area contributed by atoms with Gasteiger partial charge in [0.15, 0.2) is 0 Å². The molecule has 2 aromatic carbocycles. The van der Waals surface area contributed by atoms with E-state index in [1.807, 2.05) is 0 Å². The maximum atomic E-state index is 14.0. The van der Waals surface area contributed by atoms with E-state index in [4.69, 9.17) is 28.0 Å². The van der Waals surface area contributed by atoms with Crippen LogP contribution in [0.15, 0.2) is 42.5 Å². The molecule has 5 nitrogen and oxygen atoms in total. The molecule has 0 radical (unpaired) electrons. The van der Waals surface area contributed by atoms with Crippen molar-refractivity contribution in [1.29, 1.82) is 0 Å². The number of nitro benzene ring substituents is 1. The van der Waals surface area contributed by atoms with Crippen molar-refractivity contribution in [3.63, 3.8) is 0 Å². The van der Waals surface area contributed by atoms with E-state index in [1.165, 1.54) is 24.3 Å². The van der Waals surface area contributed by atoms with Crippen LogP contribution in [0.3, 0.4) is 0 Å². The molecule has 1 unspecified atom stereocenters. The van der Waals surface area contributed by atoms with Crippen molar-refractivity contribution in [2.45, 2.75) is 25.1 Å². The van der Waals surface area contributed by atoms with E-state index in [0.717, 1.165) is 18.2 Å². The molecule has 0 aliphatic carbocycles. The Morgan fingerprint density at radius 1 is 1.18 bits per heavy atom. The number of aryl methyl sites for hydroxylation is 1. The first-order chi connectivity index (χ1) is 13.1. The standard InChI is InChI=1S/C18H13Cl2F3N2O3/c1-2-10-3-4-11(5-16(10)25(26)27)15-9-17(28-24-15,18(21,22)23)12-6-13(19)8-14(20)7-12/h3-9,24H,2H2,1H3. The minimum atomic E-state index is -4.86. The van der Waals surface area contributed by atoms with E-state index >= 15 is 0 Å². The lowest BCUT2D eigenvalue weighted by Crippen LogP contribution is -2.42. The lowest BCUT2D eigenvalue weighted by atomic mass is 9.91. The molecular weight excluding hydrogens is 420 g/mol. The molecule has 1 N–H and O–H groups in total. The SMILES string of the molecule is CCc1ccc(C2=CC(c3cc(Cl)cc(Cl)c3)(C(F)(F)F)ON2)cc1[N+](=O)[O-]. The number of nitrogens with zero attached hydrogens (tertiary/aromatic N) is 1. The summed E-state index contributed by atoms with van der Waals surface area (Å²) in [6, 6.07) is 7.70. The van der Waals surface area contributed by atoms with Crippen LogP contribution in [0.5, 0.6) is 0 Å². The Hall–Kier alpha value is -2.29. The van der Waals surface area contributed by atoms with E-state index in [9.17, 15) is 23.3 Å². The quantitative estimate of drug-likeness (QED) is 0.489. The first-order valence-corrected chi connectivity index (χ1v) is 8.81. The third-order valence-corrected chi connectivity index (χ3v) is 4.79. The van der Waals surface area contributed by atoms with Crippen LogP contribution in [-0.2, 0) is 16.9 Å². The van der Waals surface area contributed by atoms with Crippen LogP contribution >= 0.6 is 23.2 Å². The van der Waals surface area contributed by atoms with E-state index < -0.39 is 16.7 Å². The maximum Gasteiger partial charge on any atom is 0.428 e. The summed E-state index contributed by atoms with van der Waals surface area (Å²) in [5, 5.41) is 11.3. The Balaban J connectivity index is 2.15. The van der Waals surface area contributed by atoms with Gasteiger partial charge in [-0.1, -0.05) is 42.3 Å². The molecule has 0 amide bonds. The number of nitrogens with one attached hydrogen (secondary N) is 1. The van der Waals surface area contributed by atoms with Gasteiger partial charge in [-0.05, 0) is 30.7 Å². The summed E-state index contributed by atoms with van der Waals surface area (Å²) in [6.45, 7) is 1.75. The van der Waals surface area contributed by atoms with Crippen molar-refractivity contribution in [2.75, 3.05) is 0 Å². The highest BCUT2D eigenvalue weighted by atomic mass is 35.5. The lowest BCUT2D eigenvalue weighted by molar-refractivity contribution is -0.385. The third kappa shape index (κ3) is 3.55. The van der Waals surface area contributed by atoms with Crippen LogP contribution in [0.2, 0.25) is 10.0 Å². The molecule has 148 valence electrons. The van der Waals surface area contributed by atoms with Crippen molar-refractivity contribution >= 4 is 34.6 Å². The van der Waals surface area contributed by atoms with Crippen LogP contribution in [0, 0.1) is 10.1 Å². The summed E-state index contributed by atoms with van der Waals surface area (Å²) >= 11 is 11.7. The fraction of sp³-hybridized carbons (Fsp3) is 0.222. The molecule has 0 bridgehead atoms. The van der Waals surface area contributed by atoms with E-state index in [1.54, 1.807) is 6.92 Å². The fourth-order valence-electron chi connectivity index (χ4n) is 2.95. The highest BCUT2D eigenvalue weighted by molar-refractivity contribution is 6.34. The monoisotopic (exact) mass is 432 g/mol. The zero-order valence-electron chi connectivity index (χ0n) is 14.3. The Morgan fingerprint density at radius 2 is 1.82 bits per heavy atom. The Labute approximate surface area is 167 Å². The largest absolute Gasteiger partial charge is 0.428 e. The Kier molecular flexibility index (Phi) is 5.31. The predicted molar refractivity (Wildman–Crippen MR) is 98.9 cm³/mol. The van der Waals surface area contributed by atoms with Gasteiger partial charge in [0, 0.05) is 32.8 Å². The van der Waals surface area contributed by atoms with E-state index in [2.05, 4.69) is 5.48 Å². The number of hydrogen-bond acceptors (Lipinski definition) is 4. The van der Waals surface area contributed by atoms with Gasteiger partial charge in [0.05, 0.1) is 10.6 Å². The van der Waals surface area contributed by atoms with E-state index in [0.29, 0.717) is 12.0 Å². The normalized spacial score (nSPS) is 19.3. The number of hydroxylamine groups is 1. The second-order valence-corrected chi connectivity index (χ2v) is 6.98. The molecule has 1 heterocycles. The van der Waals surface area contributed by atoms with Gasteiger partial charge in [-0.3, -0.25) is 20.4 Å². The minimum Gasteiger partial charge on any atom is -0.265 e. The van der Waals surface area contributed by atoms with Crippen molar-refractivity contribution < 1.29 is 22.9 Å². The smallest absolute Gasteiger partial charge is 0.265 e. The summed E-state index contributed by atoms with van der Waals surface area (Å²) in [5.74, 6) is 0. The van der Waals surface area contributed by atoms with Gasteiger partial charge < -0.3 is 0 Å². The van der Waals surface area contributed by atoms with Crippen molar-refractivity contribution in [3.05, 3.63) is 79.3 Å². The summed E-state index contributed by atoms with van der Waals surface area (Å²) in [5.41, 5.74) is -0.514. The number of benzene rings is 2. The van der Waals surface area contributed by atoms with Crippen molar-refractivity contribution in [1.82, 2.24) is 5.48 Å². The van der Waals surface area contributed by atoms with Crippen LogP contribution in [0.25, 0.3) is 5.70 Å². The maximum absolute atomic E-state index is 14.0. The molecular formula is C18H13Cl2F3N2O3. The Bertz CT molecular complexity index is 959. The molecule has 1 aliphatic heterocycles. The second kappa shape index (κ2) is 7.27. The number of alkyl halides is 3. The molecule has 0 aromatic heterocycles. The average molecular weight is 433 g/mol. The van der Waals surface area contributed by atoms with E-state index in [-0.39, 0.29) is 32.6 Å². The number of rotatable bonds is 4. The minimum absolute atomic E-state index is 0.0134. The predicted octanol–water partition coefficient (Wildman–Crippen LogP) is 5.80. The number of halogens is 5. The summed E-state index contributed by atoms with van der Waals surface area (Å²) in [6.07, 6.45) is -3.63. The fourth-order valence-corrected chi connectivity index (χ4v) is 3.48. The van der Waals surface area contributed by atoms with Gasteiger partial charge in [0.2, 0.25) is 5.60 Å². The molecule has 1 atom stereocenters. The molecule has 10 heteroatoms. The molecule has 0 fully saturated rings. The summed E-state index contributed by atoms with van der Waals surface area (Å²) in [7, 11) is 0. The molecule has 3 rings (SSSR count). The topological polar surface area (TPSA) is 64.4 Å². The highest BCUT2D eigenvalue weighted by Gasteiger charge is 2.59. The van der Waals surface area contributed by atoms with Gasteiger partial charge in [-0.15, -0.1) is 0 Å². The molecule has 0 saturated heterocycles. The molecule has 0 spiro atoms. The highest BCUT2D eigenvalue weighted by Crippen LogP contribution is 2.48. The molecule has 1 aliphatic rings. The number of nitro groups is 1. The first-order valence-electron chi connectivity index (χ1n) is 8.05. The molecule has 2 aromatic rings. The zero-order chi connectivity index (χ0) is 20.7. The van der Waals surface area contributed by atoms with Crippen LogP contribution in [0.1, 0.15) is 23.6 Å². The summed E-state index contributed by atoms with van der Waals surface area (Å²) in [4.78, 5) is 15.6. The van der Waals surface area contributed by atoms with Crippen LogP contribution < -0.4 is 5.48 Å². The van der Waals surface area contributed by atoms with Crippen molar-refractivity contribution in [2.24, 2.45) is 0 Å². The van der Waals surface area contributed by atoms with Crippen LogP contribution in [0.4, 0.5) is 18.9 Å². The second-order valence-electron chi connectivity index (χ2n) is 6.11. The average Bonchev–Trinajstić information content (AvgIpc) is 3.07.